The Balaban J connectivity index is 4.85. The van der Waals surface area contributed by atoms with Gasteiger partial charge in [0.2, 0.25) is 0 Å². The van der Waals surface area contributed by atoms with Gasteiger partial charge in [-0.15, -0.1) is 0 Å². The Labute approximate surface area is 111 Å². The van der Waals surface area contributed by atoms with Gasteiger partial charge in [-0.3, -0.25) is 4.79 Å². The molecule has 3 heteroatoms. The zero-order chi connectivity index (χ0) is 14.0. The molecule has 0 atom stereocenters. The number of halogens is 1. The van der Waals surface area contributed by atoms with Crippen LogP contribution >= 0.6 is 0 Å². The van der Waals surface area contributed by atoms with Crippen LogP contribution in [0.4, 0.5) is 4.39 Å². The highest BCUT2D eigenvalue weighted by atomic mass is 19.1. The molecule has 0 saturated heterocycles. The van der Waals surface area contributed by atoms with Gasteiger partial charge in [0.05, 0.1) is 0 Å². The van der Waals surface area contributed by atoms with E-state index in [1.807, 2.05) is 13.8 Å². The number of unbranched alkanes of at least 4 members (excludes halogenated alkanes) is 2. The first-order chi connectivity index (χ1) is 8.62. The first kappa shape index (κ1) is 17.1. The fourth-order valence-corrected chi connectivity index (χ4v) is 1.93. The lowest BCUT2D eigenvalue weighted by Crippen LogP contribution is -2.31. The van der Waals surface area contributed by atoms with Crippen molar-refractivity contribution in [2.45, 2.75) is 66.2 Å². The van der Waals surface area contributed by atoms with Crippen molar-refractivity contribution in [1.82, 2.24) is 4.90 Å². The monoisotopic (exact) mass is 257 g/mol. The van der Waals surface area contributed by atoms with Crippen LogP contribution in [0, 0.1) is 0 Å². The lowest BCUT2D eigenvalue weighted by Gasteiger charge is -2.19. The van der Waals surface area contributed by atoms with Crippen LogP contribution in [0.25, 0.3) is 0 Å². The Kier molecular flexibility index (Phi) is 9.62. The predicted octanol–water partition coefficient (Wildman–Crippen LogP) is 4.46. The summed E-state index contributed by atoms with van der Waals surface area (Å²) in [5.74, 6) is -0.928. The molecule has 0 aliphatic heterocycles. The number of likely N-dealkylation sites (N-methyl/N-ethyl adjacent to an activating group) is 1. The smallest absolute Gasteiger partial charge is 0.282 e. The number of rotatable bonds is 9. The summed E-state index contributed by atoms with van der Waals surface area (Å²) in [6, 6.07) is 0. The molecule has 0 bridgehead atoms. The van der Waals surface area contributed by atoms with E-state index in [1.54, 1.807) is 4.90 Å². The average molecular weight is 257 g/mol. The zero-order valence-electron chi connectivity index (χ0n) is 12.4. The first-order valence-electron chi connectivity index (χ1n) is 7.28. The highest BCUT2D eigenvalue weighted by Crippen LogP contribution is 2.21. The molecule has 0 fully saturated rings. The molecule has 18 heavy (non-hydrogen) atoms. The van der Waals surface area contributed by atoms with E-state index in [0.717, 1.165) is 44.1 Å². The topological polar surface area (TPSA) is 20.3 Å². The molecule has 0 N–H and O–H groups in total. The van der Waals surface area contributed by atoms with E-state index in [2.05, 4.69) is 13.8 Å². The van der Waals surface area contributed by atoms with Gasteiger partial charge in [0.15, 0.2) is 5.83 Å². The normalized spacial score (nSPS) is 10.3. The van der Waals surface area contributed by atoms with Gasteiger partial charge in [-0.1, -0.05) is 26.7 Å². The maximum Gasteiger partial charge on any atom is 0.282 e. The summed E-state index contributed by atoms with van der Waals surface area (Å²) < 4.78 is 14.2. The molecule has 0 saturated carbocycles. The van der Waals surface area contributed by atoms with E-state index in [4.69, 9.17) is 0 Å². The number of nitrogens with zero attached hydrogens (tertiary/aromatic N) is 1. The molecular formula is C15H28FNO. The number of carbonyl (C=O) groups excluding carboxylic acids is 1. The number of allylic oxidation sites excluding steroid dienone is 1. The van der Waals surface area contributed by atoms with Crippen molar-refractivity contribution in [2.24, 2.45) is 0 Å². The molecule has 0 heterocycles. The molecule has 0 rings (SSSR count). The molecule has 0 aromatic heterocycles. The van der Waals surface area contributed by atoms with Crippen LogP contribution < -0.4 is 0 Å². The third-order valence-electron chi connectivity index (χ3n) is 3.21. The molecule has 0 aliphatic rings. The standard InChI is InChI=1S/C15H28FNO/c1-5-9-11-13(12-10-6-2)14(16)15(18)17(7-3)8-4/h5-12H2,1-4H3. The van der Waals surface area contributed by atoms with E-state index >= 15 is 0 Å². The van der Waals surface area contributed by atoms with Gasteiger partial charge in [-0.2, -0.15) is 0 Å². The number of amides is 1. The summed E-state index contributed by atoms with van der Waals surface area (Å²) in [4.78, 5) is 13.5. The Morgan fingerprint density at radius 1 is 0.944 bits per heavy atom. The van der Waals surface area contributed by atoms with E-state index in [0.29, 0.717) is 13.1 Å². The predicted molar refractivity (Wildman–Crippen MR) is 75.1 cm³/mol. The summed E-state index contributed by atoms with van der Waals surface area (Å²) in [6.45, 7) is 9.07. The third kappa shape index (κ3) is 5.65. The Bertz CT molecular complexity index is 260. The lowest BCUT2D eigenvalue weighted by atomic mass is 10.0. The van der Waals surface area contributed by atoms with E-state index in [-0.39, 0.29) is 0 Å². The number of carbonyl (C=O) groups is 1. The van der Waals surface area contributed by atoms with Crippen LogP contribution in [-0.4, -0.2) is 23.9 Å². The van der Waals surface area contributed by atoms with Crippen molar-refractivity contribution in [3.63, 3.8) is 0 Å². The van der Waals surface area contributed by atoms with Crippen molar-refractivity contribution in [3.05, 3.63) is 11.4 Å². The van der Waals surface area contributed by atoms with Gasteiger partial charge in [0, 0.05) is 13.1 Å². The van der Waals surface area contributed by atoms with Crippen LogP contribution in [0.5, 0.6) is 0 Å². The Morgan fingerprint density at radius 2 is 1.39 bits per heavy atom. The van der Waals surface area contributed by atoms with Crippen LogP contribution in [-0.2, 0) is 4.79 Å². The summed E-state index contributed by atoms with van der Waals surface area (Å²) in [6.07, 6.45) is 5.41. The Hall–Kier alpha value is -0.860. The fraction of sp³-hybridized carbons (Fsp3) is 0.800. The maximum atomic E-state index is 14.2. The van der Waals surface area contributed by atoms with E-state index < -0.39 is 11.7 Å². The van der Waals surface area contributed by atoms with Crippen molar-refractivity contribution >= 4 is 5.91 Å². The number of hydrogen-bond donors (Lipinski definition) is 0. The lowest BCUT2D eigenvalue weighted by molar-refractivity contribution is -0.128. The minimum atomic E-state index is -0.499. The summed E-state index contributed by atoms with van der Waals surface area (Å²) in [5.41, 5.74) is 0.718. The van der Waals surface area contributed by atoms with E-state index in [9.17, 15) is 9.18 Å². The van der Waals surface area contributed by atoms with Gasteiger partial charge in [0.1, 0.15) is 0 Å². The van der Waals surface area contributed by atoms with Crippen molar-refractivity contribution < 1.29 is 9.18 Å². The average Bonchev–Trinajstić information content (AvgIpc) is 2.39. The molecule has 0 radical (unpaired) electrons. The molecule has 106 valence electrons. The Morgan fingerprint density at radius 3 is 1.72 bits per heavy atom. The third-order valence-corrected chi connectivity index (χ3v) is 3.21. The maximum absolute atomic E-state index is 14.2. The fourth-order valence-electron chi connectivity index (χ4n) is 1.93. The van der Waals surface area contributed by atoms with Crippen LogP contribution in [0.2, 0.25) is 0 Å². The quantitative estimate of drug-likeness (QED) is 0.558. The summed E-state index contributed by atoms with van der Waals surface area (Å²) >= 11 is 0. The summed E-state index contributed by atoms with van der Waals surface area (Å²) in [5, 5.41) is 0. The summed E-state index contributed by atoms with van der Waals surface area (Å²) in [7, 11) is 0. The highest BCUT2D eigenvalue weighted by molar-refractivity contribution is 5.91. The SMILES string of the molecule is CCCCC(CCCC)=C(F)C(=O)N(CC)CC. The van der Waals surface area contributed by atoms with Gasteiger partial charge >= 0.3 is 0 Å². The zero-order valence-corrected chi connectivity index (χ0v) is 12.4. The van der Waals surface area contributed by atoms with Gasteiger partial charge in [0.25, 0.3) is 5.91 Å². The molecule has 0 aromatic carbocycles. The first-order valence-corrected chi connectivity index (χ1v) is 7.28. The van der Waals surface area contributed by atoms with E-state index in [1.165, 1.54) is 0 Å². The minimum absolute atomic E-state index is 0.429. The molecule has 0 spiro atoms. The second-order valence-electron chi connectivity index (χ2n) is 4.60. The van der Waals surface area contributed by atoms with Crippen molar-refractivity contribution in [1.29, 1.82) is 0 Å². The van der Waals surface area contributed by atoms with Gasteiger partial charge in [-0.05, 0) is 45.1 Å². The largest absolute Gasteiger partial charge is 0.337 e. The van der Waals surface area contributed by atoms with Gasteiger partial charge < -0.3 is 4.90 Å². The highest BCUT2D eigenvalue weighted by Gasteiger charge is 2.19. The van der Waals surface area contributed by atoms with Crippen molar-refractivity contribution in [3.8, 4) is 0 Å². The van der Waals surface area contributed by atoms with Crippen LogP contribution in [0.15, 0.2) is 11.4 Å². The number of hydrogen-bond acceptors (Lipinski definition) is 1. The molecule has 1 amide bonds. The second kappa shape index (κ2) is 10.1. The molecule has 0 aliphatic carbocycles. The molecular weight excluding hydrogens is 229 g/mol. The molecule has 2 nitrogen and oxygen atoms in total. The molecule has 0 aromatic rings. The van der Waals surface area contributed by atoms with Crippen LogP contribution in [0.3, 0.4) is 0 Å². The van der Waals surface area contributed by atoms with Crippen molar-refractivity contribution in [2.75, 3.05) is 13.1 Å². The molecule has 0 unspecified atom stereocenters. The second-order valence-corrected chi connectivity index (χ2v) is 4.60. The van der Waals surface area contributed by atoms with Crippen LogP contribution in [0.1, 0.15) is 66.2 Å². The minimum Gasteiger partial charge on any atom is -0.337 e. The van der Waals surface area contributed by atoms with Gasteiger partial charge in [-0.25, -0.2) is 4.39 Å².